The van der Waals surface area contributed by atoms with Crippen LogP contribution in [0.3, 0.4) is 0 Å². The topological polar surface area (TPSA) is 63.2 Å². The molecule has 22 heavy (non-hydrogen) atoms. The summed E-state index contributed by atoms with van der Waals surface area (Å²) in [5.74, 6) is 0. The monoisotopic (exact) mass is 317 g/mol. The van der Waals surface area contributed by atoms with Crippen LogP contribution in [-0.4, -0.2) is 29.8 Å². The number of aromatic nitrogens is 1. The Morgan fingerprint density at radius 3 is 2.73 bits per heavy atom. The summed E-state index contributed by atoms with van der Waals surface area (Å²) in [5, 5.41) is 7.55. The average molecular weight is 317 g/mol. The van der Waals surface area contributed by atoms with Gasteiger partial charge in [0.25, 0.3) is 0 Å². The van der Waals surface area contributed by atoms with E-state index in [0.29, 0.717) is 13.2 Å². The first kappa shape index (κ1) is 15.0. The minimum atomic E-state index is -0.199. The molecule has 116 valence electrons. The van der Waals surface area contributed by atoms with Gasteiger partial charge < -0.3 is 10.1 Å². The summed E-state index contributed by atoms with van der Waals surface area (Å²) >= 11 is 1.47. The molecule has 0 atom stereocenters. The second-order valence-electron chi connectivity index (χ2n) is 5.65. The van der Waals surface area contributed by atoms with E-state index in [9.17, 15) is 4.79 Å². The molecule has 0 unspecified atom stereocenters. The van der Waals surface area contributed by atoms with Crippen LogP contribution < -0.4 is 10.6 Å². The van der Waals surface area contributed by atoms with Crippen LogP contribution in [0.15, 0.2) is 36.5 Å². The summed E-state index contributed by atoms with van der Waals surface area (Å²) in [4.78, 5) is 16.5. The zero-order chi connectivity index (χ0) is 15.4. The standard InChI is InChI=1S/C16H19N3O2S/c1-16(7-9-21-10-8-16)19-15(20)18-13-11-17-14(22-13)12-5-3-2-4-6-12/h2-6,11H,7-10H2,1H3,(H2,18,19,20). The molecule has 6 heteroatoms. The van der Waals surface area contributed by atoms with Gasteiger partial charge in [-0.3, -0.25) is 5.32 Å². The molecular formula is C16H19N3O2S. The van der Waals surface area contributed by atoms with Gasteiger partial charge in [-0.25, -0.2) is 9.78 Å². The van der Waals surface area contributed by atoms with E-state index in [1.54, 1.807) is 6.20 Å². The van der Waals surface area contributed by atoms with Crippen LogP contribution in [0.5, 0.6) is 0 Å². The molecular weight excluding hydrogens is 298 g/mol. The Labute approximate surface area is 133 Å². The number of hydrogen-bond donors (Lipinski definition) is 2. The maximum atomic E-state index is 12.1. The number of benzene rings is 1. The van der Waals surface area contributed by atoms with Gasteiger partial charge in [0.2, 0.25) is 0 Å². The van der Waals surface area contributed by atoms with Gasteiger partial charge in [0, 0.05) is 24.3 Å². The number of carbonyl (C=O) groups is 1. The van der Waals surface area contributed by atoms with Gasteiger partial charge in [-0.2, -0.15) is 0 Å². The van der Waals surface area contributed by atoms with Crippen LogP contribution in [0.1, 0.15) is 19.8 Å². The summed E-state index contributed by atoms with van der Waals surface area (Å²) in [6, 6.07) is 9.74. The molecule has 5 nitrogen and oxygen atoms in total. The average Bonchev–Trinajstić information content (AvgIpc) is 2.96. The third-order valence-electron chi connectivity index (χ3n) is 3.77. The largest absolute Gasteiger partial charge is 0.381 e. The molecule has 3 rings (SSSR count). The van der Waals surface area contributed by atoms with Gasteiger partial charge in [-0.05, 0) is 19.8 Å². The smallest absolute Gasteiger partial charge is 0.320 e. The van der Waals surface area contributed by atoms with Crippen molar-refractivity contribution in [2.75, 3.05) is 18.5 Å². The lowest BCUT2D eigenvalue weighted by molar-refractivity contribution is 0.0500. The van der Waals surface area contributed by atoms with E-state index < -0.39 is 0 Å². The predicted octanol–water partition coefficient (Wildman–Crippen LogP) is 3.50. The Morgan fingerprint density at radius 1 is 1.27 bits per heavy atom. The highest BCUT2D eigenvalue weighted by Crippen LogP contribution is 2.28. The number of amides is 2. The SMILES string of the molecule is CC1(NC(=O)Nc2cnc(-c3ccccc3)s2)CCOCC1. The van der Waals surface area contributed by atoms with Crippen LogP contribution in [0.25, 0.3) is 10.6 Å². The zero-order valence-electron chi connectivity index (χ0n) is 12.5. The number of anilines is 1. The Balaban J connectivity index is 1.61. The molecule has 0 radical (unpaired) electrons. The highest BCUT2D eigenvalue weighted by Gasteiger charge is 2.29. The minimum Gasteiger partial charge on any atom is -0.381 e. The summed E-state index contributed by atoms with van der Waals surface area (Å²) in [6.07, 6.45) is 3.36. The lowest BCUT2D eigenvalue weighted by Crippen LogP contribution is -2.50. The normalized spacial score (nSPS) is 17.0. The predicted molar refractivity (Wildman–Crippen MR) is 88.2 cm³/mol. The summed E-state index contributed by atoms with van der Waals surface area (Å²) < 4.78 is 5.34. The molecule has 0 bridgehead atoms. The van der Waals surface area contributed by atoms with E-state index in [1.807, 2.05) is 30.3 Å². The minimum absolute atomic E-state index is 0.187. The molecule has 2 aromatic rings. The van der Waals surface area contributed by atoms with Gasteiger partial charge in [0.05, 0.1) is 6.20 Å². The van der Waals surface area contributed by atoms with Gasteiger partial charge in [-0.1, -0.05) is 41.7 Å². The van der Waals surface area contributed by atoms with E-state index in [0.717, 1.165) is 28.4 Å². The van der Waals surface area contributed by atoms with Crippen molar-refractivity contribution in [2.24, 2.45) is 0 Å². The summed E-state index contributed by atoms with van der Waals surface area (Å²) in [6.45, 7) is 3.43. The van der Waals surface area contributed by atoms with Crippen molar-refractivity contribution in [1.82, 2.24) is 10.3 Å². The molecule has 2 N–H and O–H groups in total. The first-order valence-electron chi connectivity index (χ1n) is 7.33. The molecule has 0 saturated carbocycles. The number of rotatable bonds is 3. The van der Waals surface area contributed by atoms with Crippen molar-refractivity contribution in [3.05, 3.63) is 36.5 Å². The number of hydrogen-bond acceptors (Lipinski definition) is 4. The van der Waals surface area contributed by atoms with E-state index in [4.69, 9.17) is 4.74 Å². The molecule has 1 fully saturated rings. The van der Waals surface area contributed by atoms with Crippen LogP contribution in [0.2, 0.25) is 0 Å². The Bertz CT molecular complexity index is 636. The lowest BCUT2D eigenvalue weighted by atomic mass is 9.93. The Kier molecular flexibility index (Phi) is 4.40. The first-order valence-corrected chi connectivity index (χ1v) is 8.14. The van der Waals surface area contributed by atoms with Gasteiger partial charge in [-0.15, -0.1) is 0 Å². The number of ether oxygens (including phenoxy) is 1. The van der Waals surface area contributed by atoms with Crippen LogP contribution in [0.4, 0.5) is 9.80 Å². The highest BCUT2D eigenvalue weighted by atomic mass is 32.1. The van der Waals surface area contributed by atoms with E-state index in [1.165, 1.54) is 11.3 Å². The fourth-order valence-electron chi connectivity index (χ4n) is 2.41. The van der Waals surface area contributed by atoms with Crippen molar-refractivity contribution in [1.29, 1.82) is 0 Å². The van der Waals surface area contributed by atoms with Gasteiger partial charge in [0.1, 0.15) is 10.0 Å². The summed E-state index contributed by atoms with van der Waals surface area (Å²) in [7, 11) is 0. The van der Waals surface area contributed by atoms with E-state index in [2.05, 4.69) is 22.5 Å². The fourth-order valence-corrected chi connectivity index (χ4v) is 3.23. The van der Waals surface area contributed by atoms with Crippen molar-refractivity contribution >= 4 is 22.4 Å². The molecule has 2 heterocycles. The van der Waals surface area contributed by atoms with Crippen LogP contribution in [0, 0.1) is 0 Å². The lowest BCUT2D eigenvalue weighted by Gasteiger charge is -2.34. The molecule has 1 aromatic carbocycles. The first-order chi connectivity index (χ1) is 10.6. The maximum Gasteiger partial charge on any atom is 0.320 e. The Morgan fingerprint density at radius 2 is 2.00 bits per heavy atom. The third kappa shape index (κ3) is 3.64. The van der Waals surface area contributed by atoms with E-state index >= 15 is 0 Å². The van der Waals surface area contributed by atoms with Crippen molar-refractivity contribution in [2.45, 2.75) is 25.3 Å². The number of carbonyl (C=O) groups excluding carboxylic acids is 1. The maximum absolute atomic E-state index is 12.1. The fraction of sp³-hybridized carbons (Fsp3) is 0.375. The molecule has 0 spiro atoms. The Hall–Kier alpha value is -1.92. The van der Waals surface area contributed by atoms with Crippen LogP contribution >= 0.6 is 11.3 Å². The van der Waals surface area contributed by atoms with E-state index in [-0.39, 0.29) is 11.6 Å². The molecule has 1 aliphatic rings. The quantitative estimate of drug-likeness (QED) is 0.910. The molecule has 1 aliphatic heterocycles. The van der Waals surface area contributed by atoms with Gasteiger partial charge >= 0.3 is 6.03 Å². The van der Waals surface area contributed by atoms with Crippen molar-refractivity contribution in [3.8, 4) is 10.6 Å². The van der Waals surface area contributed by atoms with Gasteiger partial charge in [0.15, 0.2) is 0 Å². The second-order valence-corrected chi connectivity index (χ2v) is 6.68. The van der Waals surface area contributed by atoms with Crippen LogP contribution in [-0.2, 0) is 4.74 Å². The summed E-state index contributed by atoms with van der Waals surface area (Å²) in [5.41, 5.74) is 0.854. The third-order valence-corrected chi connectivity index (χ3v) is 4.74. The van der Waals surface area contributed by atoms with Crippen molar-refractivity contribution < 1.29 is 9.53 Å². The highest BCUT2D eigenvalue weighted by molar-refractivity contribution is 7.19. The number of nitrogens with zero attached hydrogens (tertiary/aromatic N) is 1. The number of urea groups is 1. The van der Waals surface area contributed by atoms with Crippen molar-refractivity contribution in [3.63, 3.8) is 0 Å². The molecule has 1 saturated heterocycles. The zero-order valence-corrected chi connectivity index (χ0v) is 13.3. The number of nitrogens with one attached hydrogen (secondary N) is 2. The number of thiazole rings is 1. The molecule has 2 amide bonds. The second kappa shape index (κ2) is 6.46. The molecule has 1 aromatic heterocycles. The molecule has 0 aliphatic carbocycles.